The summed E-state index contributed by atoms with van der Waals surface area (Å²) >= 11 is 0. The Morgan fingerprint density at radius 3 is 2.69 bits per heavy atom. The number of nitrogens with one attached hydrogen (secondary N) is 2. The van der Waals surface area contributed by atoms with Gasteiger partial charge < -0.3 is 20.3 Å². The van der Waals surface area contributed by atoms with E-state index in [4.69, 9.17) is 4.74 Å². The molecule has 1 fully saturated rings. The molecule has 1 atom stereocenters. The fourth-order valence-corrected chi connectivity index (χ4v) is 3.80. The van der Waals surface area contributed by atoms with Crippen LogP contribution in [-0.2, 0) is 17.8 Å². The topological polar surface area (TPSA) is 66.0 Å². The number of anilines is 1. The van der Waals surface area contributed by atoms with Crippen LogP contribution in [0.3, 0.4) is 0 Å². The highest BCUT2D eigenvalue weighted by Gasteiger charge is 2.24. The molecule has 0 radical (unpaired) electrons. The lowest BCUT2D eigenvalue weighted by atomic mass is 9.99. The Morgan fingerprint density at radius 1 is 1.21 bits per heavy atom. The molecule has 0 aliphatic carbocycles. The smallest absolute Gasteiger partial charge is 0.221 e. The van der Waals surface area contributed by atoms with E-state index in [1.54, 1.807) is 7.11 Å². The first-order chi connectivity index (χ1) is 14.1. The molecule has 0 saturated carbocycles. The Labute approximate surface area is 173 Å². The maximum Gasteiger partial charge on any atom is 0.221 e. The highest BCUT2D eigenvalue weighted by molar-refractivity contribution is 5.90. The third-order valence-electron chi connectivity index (χ3n) is 5.19. The van der Waals surface area contributed by atoms with Crippen molar-refractivity contribution in [3.63, 3.8) is 0 Å². The van der Waals surface area contributed by atoms with E-state index in [1.165, 1.54) is 18.9 Å². The molecule has 1 unspecified atom stereocenters. The second-order valence-corrected chi connectivity index (χ2v) is 7.41. The first-order valence-corrected chi connectivity index (χ1v) is 10.0. The minimum Gasteiger partial charge on any atom is -0.495 e. The van der Waals surface area contributed by atoms with E-state index in [0.717, 1.165) is 31.0 Å². The molecular weight excluding hydrogens is 364 g/mol. The minimum atomic E-state index is -0.120. The van der Waals surface area contributed by atoms with E-state index >= 15 is 0 Å². The molecule has 2 aromatic rings. The number of methoxy groups -OCH3 is 1. The first kappa shape index (κ1) is 20.7. The minimum absolute atomic E-state index is 0.120. The Morgan fingerprint density at radius 2 is 2.00 bits per heavy atom. The Bertz CT molecular complexity index is 851. The van der Waals surface area contributed by atoms with Crippen molar-refractivity contribution >= 4 is 17.6 Å². The highest BCUT2D eigenvalue weighted by Crippen LogP contribution is 2.26. The summed E-state index contributed by atoms with van der Waals surface area (Å²) in [5.41, 5.74) is 3.13. The van der Waals surface area contributed by atoms with Gasteiger partial charge in [-0.05, 0) is 42.0 Å². The molecule has 0 aromatic heterocycles. The van der Waals surface area contributed by atoms with Gasteiger partial charge in [0.25, 0.3) is 0 Å². The third kappa shape index (κ3) is 5.73. The van der Waals surface area contributed by atoms with Gasteiger partial charge in [0.1, 0.15) is 5.75 Å². The fraction of sp³-hybridized carbons (Fsp3) is 0.391. The highest BCUT2D eigenvalue weighted by atomic mass is 16.5. The zero-order chi connectivity index (χ0) is 20.6. The molecule has 3 rings (SSSR count). The summed E-state index contributed by atoms with van der Waals surface area (Å²) in [6.45, 7) is 4.14. The Kier molecular flexibility index (Phi) is 7.11. The molecule has 1 amide bonds. The van der Waals surface area contributed by atoms with Crippen LogP contribution in [0.1, 0.15) is 24.5 Å². The second-order valence-electron chi connectivity index (χ2n) is 7.41. The molecule has 2 aromatic carbocycles. The average Bonchev–Trinajstić information content (AvgIpc) is 3.17. The van der Waals surface area contributed by atoms with Gasteiger partial charge >= 0.3 is 0 Å². The van der Waals surface area contributed by atoms with Crippen molar-refractivity contribution in [3.05, 3.63) is 59.7 Å². The summed E-state index contributed by atoms with van der Waals surface area (Å²) < 4.78 is 5.32. The van der Waals surface area contributed by atoms with Gasteiger partial charge in [0.2, 0.25) is 5.91 Å². The van der Waals surface area contributed by atoms with Crippen LogP contribution in [0.4, 0.5) is 5.69 Å². The number of aliphatic imine (C=N–C) groups is 1. The number of carbonyl (C=O) groups excluding carboxylic acids is 1. The number of hydrogen-bond donors (Lipinski definition) is 2. The monoisotopic (exact) mass is 394 g/mol. The van der Waals surface area contributed by atoms with E-state index in [9.17, 15) is 4.79 Å². The lowest BCUT2D eigenvalue weighted by molar-refractivity contribution is -0.114. The number of guanidine groups is 1. The zero-order valence-corrected chi connectivity index (χ0v) is 17.4. The van der Waals surface area contributed by atoms with Crippen molar-refractivity contribution in [2.75, 3.05) is 32.6 Å². The summed E-state index contributed by atoms with van der Waals surface area (Å²) in [7, 11) is 3.42. The molecule has 0 bridgehead atoms. The summed E-state index contributed by atoms with van der Waals surface area (Å²) in [6, 6.07) is 16.5. The zero-order valence-electron chi connectivity index (χ0n) is 17.4. The van der Waals surface area contributed by atoms with E-state index in [0.29, 0.717) is 23.9 Å². The first-order valence-electron chi connectivity index (χ1n) is 10.0. The number of rotatable bonds is 6. The quantitative estimate of drug-likeness (QED) is 0.583. The molecule has 1 aliphatic rings. The summed E-state index contributed by atoms with van der Waals surface area (Å²) in [5.74, 6) is 2.09. The van der Waals surface area contributed by atoms with Crippen molar-refractivity contribution < 1.29 is 9.53 Å². The van der Waals surface area contributed by atoms with Crippen molar-refractivity contribution in [1.29, 1.82) is 0 Å². The van der Waals surface area contributed by atoms with Crippen LogP contribution in [-0.4, -0.2) is 44.0 Å². The van der Waals surface area contributed by atoms with Gasteiger partial charge in [-0.1, -0.05) is 36.4 Å². The predicted molar refractivity (Wildman–Crippen MR) is 117 cm³/mol. The van der Waals surface area contributed by atoms with Crippen molar-refractivity contribution in [2.45, 2.75) is 26.3 Å². The van der Waals surface area contributed by atoms with Crippen molar-refractivity contribution in [1.82, 2.24) is 10.2 Å². The molecule has 1 saturated heterocycles. The van der Waals surface area contributed by atoms with Gasteiger partial charge in [-0.2, -0.15) is 0 Å². The summed E-state index contributed by atoms with van der Waals surface area (Å²) in [5, 5.41) is 6.27. The molecule has 154 valence electrons. The van der Waals surface area contributed by atoms with Crippen molar-refractivity contribution in [3.8, 4) is 5.75 Å². The van der Waals surface area contributed by atoms with Crippen LogP contribution in [0.15, 0.2) is 53.5 Å². The van der Waals surface area contributed by atoms with Crippen LogP contribution >= 0.6 is 0 Å². The number of hydrogen-bond acceptors (Lipinski definition) is 3. The molecule has 29 heavy (non-hydrogen) atoms. The van der Waals surface area contributed by atoms with Crippen LogP contribution in [0.25, 0.3) is 0 Å². The second kappa shape index (κ2) is 9.96. The lowest BCUT2D eigenvalue weighted by Gasteiger charge is -2.22. The predicted octanol–water partition coefficient (Wildman–Crippen LogP) is 3.29. The molecule has 1 heterocycles. The number of likely N-dealkylation sites (tertiary alicyclic amines) is 1. The van der Waals surface area contributed by atoms with Gasteiger partial charge in [-0.15, -0.1) is 0 Å². The lowest BCUT2D eigenvalue weighted by Crippen LogP contribution is -2.39. The van der Waals surface area contributed by atoms with Gasteiger partial charge in [-0.25, -0.2) is 0 Å². The molecule has 2 N–H and O–H groups in total. The summed E-state index contributed by atoms with van der Waals surface area (Å²) in [4.78, 5) is 18.2. The SMILES string of the molecule is CN=C(NCc1ccc(OC)c(NC(C)=O)c1)N1CCC(Cc2ccccc2)C1. The normalized spacial score (nSPS) is 16.6. The molecule has 6 nitrogen and oxygen atoms in total. The number of carbonyl (C=O) groups is 1. The molecule has 0 spiro atoms. The Balaban J connectivity index is 1.57. The van der Waals surface area contributed by atoms with Gasteiger partial charge in [-0.3, -0.25) is 9.79 Å². The average molecular weight is 395 g/mol. The van der Waals surface area contributed by atoms with Crippen LogP contribution in [0, 0.1) is 5.92 Å². The van der Waals surface area contributed by atoms with E-state index in [2.05, 4.69) is 50.9 Å². The van der Waals surface area contributed by atoms with Crippen molar-refractivity contribution in [2.24, 2.45) is 10.9 Å². The van der Waals surface area contributed by atoms with Gasteiger partial charge in [0, 0.05) is 33.6 Å². The summed E-state index contributed by atoms with van der Waals surface area (Å²) in [6.07, 6.45) is 2.28. The van der Waals surface area contributed by atoms with Gasteiger partial charge in [0.05, 0.1) is 12.8 Å². The number of nitrogens with zero attached hydrogens (tertiary/aromatic N) is 2. The molecule has 6 heteroatoms. The standard InChI is InChI=1S/C23H30N4O2/c1-17(28)26-21-14-19(9-10-22(21)29-3)15-25-23(24-2)27-12-11-20(16-27)13-18-7-5-4-6-8-18/h4-10,14,20H,11-13,15-16H2,1-3H3,(H,24,25)(H,26,28). The number of ether oxygens (including phenoxy) is 1. The van der Waals surface area contributed by atoms with Crippen LogP contribution in [0.2, 0.25) is 0 Å². The van der Waals surface area contributed by atoms with Crippen LogP contribution in [0.5, 0.6) is 5.75 Å². The number of amides is 1. The fourth-order valence-electron chi connectivity index (χ4n) is 3.80. The Hall–Kier alpha value is -3.02. The number of benzene rings is 2. The van der Waals surface area contributed by atoms with E-state index in [1.807, 2.05) is 25.2 Å². The van der Waals surface area contributed by atoms with Gasteiger partial charge in [0.15, 0.2) is 5.96 Å². The van der Waals surface area contributed by atoms with Crippen LogP contribution < -0.4 is 15.4 Å². The third-order valence-corrected chi connectivity index (χ3v) is 5.19. The maximum absolute atomic E-state index is 11.4. The molecule has 1 aliphatic heterocycles. The maximum atomic E-state index is 11.4. The largest absolute Gasteiger partial charge is 0.495 e. The molecular formula is C23H30N4O2. The van der Waals surface area contributed by atoms with E-state index < -0.39 is 0 Å². The van der Waals surface area contributed by atoms with E-state index in [-0.39, 0.29) is 5.91 Å².